The van der Waals surface area contributed by atoms with E-state index in [0.29, 0.717) is 58.9 Å². The quantitative estimate of drug-likeness (QED) is 0.349. The molecule has 1 aliphatic heterocycles. The number of furan rings is 1. The highest BCUT2D eigenvalue weighted by Gasteiger charge is 2.20. The molecule has 2 N–H and O–H groups in total. The summed E-state index contributed by atoms with van der Waals surface area (Å²) in [4.78, 5) is 26.9. The van der Waals surface area contributed by atoms with Crippen LogP contribution in [0.4, 0.5) is 11.4 Å². The van der Waals surface area contributed by atoms with E-state index in [2.05, 4.69) is 15.5 Å². The Bertz CT molecular complexity index is 1270. The Kier molecular flexibility index (Phi) is 7.92. The summed E-state index contributed by atoms with van der Waals surface area (Å²) in [6, 6.07) is 13.4. The minimum Gasteiger partial charge on any atom is -0.465 e. The summed E-state index contributed by atoms with van der Waals surface area (Å²) in [5, 5.41) is 6.35. The van der Waals surface area contributed by atoms with Crippen molar-refractivity contribution in [3.05, 3.63) is 69.9 Å². The van der Waals surface area contributed by atoms with E-state index < -0.39 is 11.9 Å². The van der Waals surface area contributed by atoms with Crippen molar-refractivity contribution < 1.29 is 23.5 Å². The second kappa shape index (κ2) is 11.1. The topological polar surface area (TPSA) is 93.0 Å². The molecule has 35 heavy (non-hydrogen) atoms. The highest BCUT2D eigenvalue weighted by Crippen LogP contribution is 2.34. The number of nitrogens with one attached hydrogen (secondary N) is 2. The van der Waals surface area contributed by atoms with Crippen molar-refractivity contribution in [3.8, 4) is 11.3 Å². The van der Waals surface area contributed by atoms with Gasteiger partial charge in [0.05, 0.1) is 47.3 Å². The van der Waals surface area contributed by atoms with E-state index in [9.17, 15) is 9.59 Å². The highest BCUT2D eigenvalue weighted by molar-refractivity contribution is 7.80. The molecule has 2 aromatic carbocycles. The van der Waals surface area contributed by atoms with E-state index in [-0.39, 0.29) is 10.9 Å². The minimum atomic E-state index is -0.552. The summed E-state index contributed by atoms with van der Waals surface area (Å²) < 4.78 is 15.9. The van der Waals surface area contributed by atoms with Gasteiger partial charge in [0, 0.05) is 18.7 Å². The first-order valence-corrected chi connectivity index (χ1v) is 11.8. The van der Waals surface area contributed by atoms with Gasteiger partial charge >= 0.3 is 5.97 Å². The third-order valence-corrected chi connectivity index (χ3v) is 6.31. The molecule has 0 unspecified atom stereocenters. The Morgan fingerprint density at radius 3 is 2.60 bits per heavy atom. The van der Waals surface area contributed by atoms with Gasteiger partial charge in [0.2, 0.25) is 0 Å². The van der Waals surface area contributed by atoms with Crippen molar-refractivity contribution in [1.82, 2.24) is 5.32 Å². The number of carbonyl (C=O) groups excluding carboxylic acids is 2. The maximum absolute atomic E-state index is 12.8. The van der Waals surface area contributed by atoms with E-state index in [0.717, 1.165) is 5.69 Å². The van der Waals surface area contributed by atoms with Crippen molar-refractivity contribution in [2.75, 3.05) is 43.6 Å². The summed E-state index contributed by atoms with van der Waals surface area (Å²) in [6.45, 7) is 2.51. The number of amides is 1. The van der Waals surface area contributed by atoms with Gasteiger partial charge in [-0.15, -0.1) is 0 Å². The molecule has 0 radical (unpaired) electrons. The van der Waals surface area contributed by atoms with Crippen LogP contribution in [0.3, 0.4) is 0 Å². The van der Waals surface area contributed by atoms with Crippen LogP contribution in [0.2, 0.25) is 10.0 Å². The summed E-state index contributed by atoms with van der Waals surface area (Å²) in [6.07, 6.45) is 0. The normalized spacial score (nSPS) is 13.3. The number of methoxy groups -OCH3 is 1. The van der Waals surface area contributed by atoms with Crippen LogP contribution in [-0.2, 0) is 9.47 Å². The lowest BCUT2D eigenvalue weighted by atomic mass is 10.1. The van der Waals surface area contributed by atoms with E-state index in [1.807, 2.05) is 0 Å². The summed E-state index contributed by atoms with van der Waals surface area (Å²) in [5.41, 5.74) is 2.27. The zero-order chi connectivity index (χ0) is 24.9. The number of hydrogen-bond donors (Lipinski definition) is 2. The van der Waals surface area contributed by atoms with Gasteiger partial charge in [0.1, 0.15) is 5.76 Å². The Labute approximate surface area is 217 Å². The lowest BCUT2D eigenvalue weighted by Crippen LogP contribution is -2.38. The van der Waals surface area contributed by atoms with Gasteiger partial charge in [-0.1, -0.05) is 29.3 Å². The SMILES string of the molecule is COC(=O)c1ccc(N2CCOCC2)c(NC(=S)NC(=O)c2ccc(-c3cccc(Cl)c3Cl)o2)c1. The lowest BCUT2D eigenvalue weighted by molar-refractivity contribution is 0.0600. The van der Waals surface area contributed by atoms with Gasteiger partial charge < -0.3 is 24.1 Å². The van der Waals surface area contributed by atoms with Crippen LogP contribution >= 0.6 is 35.4 Å². The fourth-order valence-electron chi connectivity index (χ4n) is 3.58. The number of thiocarbonyl (C=S) groups is 1. The van der Waals surface area contributed by atoms with Gasteiger partial charge in [-0.3, -0.25) is 10.1 Å². The van der Waals surface area contributed by atoms with Gasteiger partial charge in [0.15, 0.2) is 10.9 Å². The smallest absolute Gasteiger partial charge is 0.337 e. The Morgan fingerprint density at radius 2 is 1.86 bits per heavy atom. The summed E-state index contributed by atoms with van der Waals surface area (Å²) in [5.74, 6) is -0.609. The van der Waals surface area contributed by atoms with Crippen LogP contribution < -0.4 is 15.5 Å². The minimum absolute atomic E-state index is 0.0327. The van der Waals surface area contributed by atoms with Crippen LogP contribution in [0.25, 0.3) is 11.3 Å². The molecule has 1 aromatic heterocycles. The first-order chi connectivity index (χ1) is 16.9. The molecule has 0 aliphatic carbocycles. The van der Waals surface area contributed by atoms with Crippen molar-refractivity contribution in [2.24, 2.45) is 0 Å². The molecule has 1 saturated heterocycles. The number of esters is 1. The van der Waals surface area contributed by atoms with Crippen molar-refractivity contribution >= 4 is 63.8 Å². The first-order valence-electron chi connectivity index (χ1n) is 10.6. The Balaban J connectivity index is 1.51. The largest absolute Gasteiger partial charge is 0.465 e. The van der Waals surface area contributed by atoms with Crippen LogP contribution in [0.15, 0.2) is 52.9 Å². The molecule has 1 fully saturated rings. The number of carbonyl (C=O) groups is 2. The van der Waals surface area contributed by atoms with Crippen LogP contribution in [0.1, 0.15) is 20.9 Å². The molecule has 1 aliphatic rings. The molecule has 0 bridgehead atoms. The first kappa shape index (κ1) is 25.0. The Hall–Kier alpha value is -3.11. The number of ether oxygens (including phenoxy) is 2. The standard InChI is InChI=1S/C24H21Cl2N3O5S/c1-32-23(31)14-5-6-18(29-9-11-33-12-10-29)17(13-14)27-24(35)28-22(30)20-8-7-19(34-20)15-3-2-4-16(25)21(15)26/h2-8,13H,9-12H2,1H3,(H2,27,28,30,35). The number of halogens is 2. The number of rotatable bonds is 5. The monoisotopic (exact) mass is 533 g/mol. The van der Waals surface area contributed by atoms with E-state index in [1.165, 1.54) is 13.2 Å². The number of anilines is 2. The molecule has 3 aromatic rings. The van der Waals surface area contributed by atoms with Gasteiger partial charge in [-0.2, -0.15) is 0 Å². The van der Waals surface area contributed by atoms with Crippen molar-refractivity contribution in [1.29, 1.82) is 0 Å². The van der Waals surface area contributed by atoms with Gasteiger partial charge in [-0.25, -0.2) is 4.79 Å². The van der Waals surface area contributed by atoms with Crippen molar-refractivity contribution in [2.45, 2.75) is 0 Å². The average molecular weight is 534 g/mol. The number of benzene rings is 2. The third kappa shape index (κ3) is 5.76. The predicted molar refractivity (Wildman–Crippen MR) is 139 cm³/mol. The average Bonchev–Trinajstić information content (AvgIpc) is 3.36. The lowest BCUT2D eigenvalue weighted by Gasteiger charge is -2.31. The van der Waals surface area contributed by atoms with E-state index in [1.54, 1.807) is 42.5 Å². The zero-order valence-electron chi connectivity index (χ0n) is 18.6. The molecule has 0 atom stereocenters. The van der Waals surface area contributed by atoms with Crippen LogP contribution in [0.5, 0.6) is 0 Å². The van der Waals surface area contributed by atoms with Gasteiger partial charge in [-0.05, 0) is 54.7 Å². The molecule has 8 nitrogen and oxygen atoms in total. The number of hydrogen-bond acceptors (Lipinski definition) is 7. The Morgan fingerprint density at radius 1 is 1.09 bits per heavy atom. The molecule has 0 spiro atoms. The number of nitrogens with zero attached hydrogens (tertiary/aromatic N) is 1. The van der Waals surface area contributed by atoms with Gasteiger partial charge in [0.25, 0.3) is 5.91 Å². The summed E-state index contributed by atoms with van der Waals surface area (Å²) in [7, 11) is 1.31. The molecule has 0 saturated carbocycles. The van der Waals surface area contributed by atoms with E-state index in [4.69, 9.17) is 49.3 Å². The molecule has 182 valence electrons. The van der Waals surface area contributed by atoms with Crippen LogP contribution in [-0.4, -0.2) is 50.4 Å². The molecule has 1 amide bonds. The highest BCUT2D eigenvalue weighted by atomic mass is 35.5. The zero-order valence-corrected chi connectivity index (χ0v) is 20.9. The molecule has 2 heterocycles. The summed E-state index contributed by atoms with van der Waals surface area (Å²) >= 11 is 17.7. The molecule has 11 heteroatoms. The maximum Gasteiger partial charge on any atom is 0.337 e. The van der Waals surface area contributed by atoms with Crippen LogP contribution in [0, 0.1) is 0 Å². The second-order valence-corrected chi connectivity index (χ2v) is 8.69. The predicted octanol–water partition coefficient (Wildman–Crippen LogP) is 5.00. The maximum atomic E-state index is 12.8. The fraction of sp³-hybridized carbons (Fsp3) is 0.208. The third-order valence-electron chi connectivity index (χ3n) is 5.29. The molecule has 4 rings (SSSR count). The second-order valence-electron chi connectivity index (χ2n) is 7.50. The van der Waals surface area contributed by atoms with Crippen molar-refractivity contribution in [3.63, 3.8) is 0 Å². The molecular formula is C24H21Cl2N3O5S. The fourth-order valence-corrected chi connectivity index (χ4v) is 4.17. The molecular weight excluding hydrogens is 513 g/mol. The van der Waals surface area contributed by atoms with E-state index >= 15 is 0 Å². The number of morpholine rings is 1.